The standard InChI is InChI=1S/C28H23N3O6S/c1-4-36-27(35)22-16(2)29-28-30(21(22)15-14-18-10-6-5-7-11-18)26(34)24(38-28)23-19-12-8-9-13-20(19)31(25(23)33)37-17(3)32/h5-15,21H,4H2,1-3H3/b15-14+,24-23?. The van der Waals surface area contributed by atoms with Crippen LogP contribution in [-0.2, 0) is 24.0 Å². The van der Waals surface area contributed by atoms with Crippen molar-refractivity contribution in [1.82, 2.24) is 4.57 Å². The Morgan fingerprint density at radius 2 is 1.79 bits per heavy atom. The van der Waals surface area contributed by atoms with Crippen LogP contribution in [-0.4, -0.2) is 29.0 Å². The summed E-state index contributed by atoms with van der Waals surface area (Å²) in [6, 6.07) is 15.4. The van der Waals surface area contributed by atoms with E-state index in [0.717, 1.165) is 22.0 Å². The first-order valence-corrected chi connectivity index (χ1v) is 12.7. The Labute approximate surface area is 221 Å². The van der Waals surface area contributed by atoms with Gasteiger partial charge in [-0.1, -0.05) is 72.0 Å². The Hall–Kier alpha value is -4.57. The number of nitrogens with zero attached hydrogens (tertiary/aromatic N) is 3. The number of aromatic nitrogens is 1. The predicted octanol–water partition coefficient (Wildman–Crippen LogP) is 2.66. The fraction of sp³-hybridized carbons (Fsp3) is 0.179. The molecule has 0 N–H and O–H groups in total. The smallest absolute Gasteiger partial charge is 0.338 e. The van der Waals surface area contributed by atoms with Crippen molar-refractivity contribution in [1.29, 1.82) is 0 Å². The van der Waals surface area contributed by atoms with E-state index in [9.17, 15) is 19.2 Å². The van der Waals surface area contributed by atoms with Gasteiger partial charge in [0.2, 0.25) is 0 Å². The minimum Gasteiger partial charge on any atom is -0.463 e. The van der Waals surface area contributed by atoms with Crippen LogP contribution in [0.1, 0.15) is 37.9 Å². The van der Waals surface area contributed by atoms with E-state index >= 15 is 0 Å². The number of amides is 1. The lowest BCUT2D eigenvalue weighted by molar-refractivity contribution is -0.146. The number of allylic oxidation sites excluding steroid dienone is 2. The minimum atomic E-state index is -0.809. The van der Waals surface area contributed by atoms with E-state index in [1.807, 2.05) is 36.4 Å². The Balaban J connectivity index is 1.74. The first-order chi connectivity index (χ1) is 18.3. The van der Waals surface area contributed by atoms with Crippen LogP contribution in [0.25, 0.3) is 11.6 Å². The summed E-state index contributed by atoms with van der Waals surface area (Å²) in [7, 11) is 0. The Morgan fingerprint density at radius 1 is 1.08 bits per heavy atom. The summed E-state index contributed by atoms with van der Waals surface area (Å²) in [5, 5.41) is 0.896. The molecule has 1 unspecified atom stereocenters. The van der Waals surface area contributed by atoms with Gasteiger partial charge in [-0.15, -0.1) is 5.06 Å². The number of carbonyl (C=O) groups excluding carboxylic acids is 3. The second-order valence-corrected chi connectivity index (χ2v) is 9.49. The van der Waals surface area contributed by atoms with Gasteiger partial charge in [-0.2, -0.15) is 0 Å². The molecule has 0 saturated heterocycles. The monoisotopic (exact) mass is 529 g/mol. The number of anilines is 1. The number of ether oxygens (including phenoxy) is 1. The summed E-state index contributed by atoms with van der Waals surface area (Å²) in [6.07, 6.45) is 3.57. The minimum absolute atomic E-state index is 0.107. The van der Waals surface area contributed by atoms with Gasteiger partial charge in [-0.25, -0.2) is 14.6 Å². The van der Waals surface area contributed by atoms with Crippen molar-refractivity contribution in [3.8, 4) is 0 Å². The topological polar surface area (TPSA) is 107 Å². The van der Waals surface area contributed by atoms with Gasteiger partial charge in [0.1, 0.15) is 4.53 Å². The van der Waals surface area contributed by atoms with Gasteiger partial charge in [-0.05, 0) is 25.5 Å². The van der Waals surface area contributed by atoms with E-state index in [4.69, 9.17) is 9.57 Å². The normalized spacial score (nSPS) is 17.8. The van der Waals surface area contributed by atoms with Gasteiger partial charge in [-0.3, -0.25) is 14.2 Å². The number of para-hydroxylation sites is 1. The Morgan fingerprint density at radius 3 is 2.50 bits per heavy atom. The quantitative estimate of drug-likeness (QED) is 0.471. The molecule has 2 aromatic carbocycles. The molecular weight excluding hydrogens is 506 g/mol. The summed E-state index contributed by atoms with van der Waals surface area (Å²) in [4.78, 5) is 62.1. The molecule has 2 aliphatic rings. The largest absolute Gasteiger partial charge is 0.463 e. The summed E-state index contributed by atoms with van der Waals surface area (Å²) in [5.41, 5.74) is 1.97. The number of hydrogen-bond donors (Lipinski definition) is 0. The third kappa shape index (κ3) is 4.28. The third-order valence-electron chi connectivity index (χ3n) is 6.04. The summed E-state index contributed by atoms with van der Waals surface area (Å²) in [5.74, 6) is -1.88. The lowest BCUT2D eigenvalue weighted by Gasteiger charge is -2.21. The summed E-state index contributed by atoms with van der Waals surface area (Å²) in [6.45, 7) is 4.75. The number of hydroxylamine groups is 1. The molecule has 0 aliphatic carbocycles. The number of rotatable bonds is 5. The Kier molecular flexibility index (Phi) is 6.64. The van der Waals surface area contributed by atoms with Crippen LogP contribution in [0.4, 0.5) is 5.69 Å². The van der Waals surface area contributed by atoms with Crippen LogP contribution in [0, 0.1) is 0 Å². The molecule has 5 rings (SSSR count). The zero-order chi connectivity index (χ0) is 27.0. The highest BCUT2D eigenvalue weighted by Gasteiger charge is 2.38. The molecule has 192 valence electrons. The lowest BCUT2D eigenvalue weighted by atomic mass is 10.0. The van der Waals surface area contributed by atoms with Crippen molar-refractivity contribution in [2.45, 2.75) is 26.8 Å². The molecule has 0 radical (unpaired) electrons. The van der Waals surface area contributed by atoms with E-state index < -0.39 is 29.4 Å². The molecule has 2 aliphatic heterocycles. The molecule has 0 bridgehead atoms. The van der Waals surface area contributed by atoms with E-state index in [-0.39, 0.29) is 22.3 Å². The second kappa shape index (κ2) is 10.1. The average Bonchev–Trinajstić information content (AvgIpc) is 3.35. The molecule has 0 saturated carbocycles. The van der Waals surface area contributed by atoms with E-state index in [0.29, 0.717) is 21.7 Å². The average molecular weight is 530 g/mol. The van der Waals surface area contributed by atoms with Gasteiger partial charge in [0, 0.05) is 12.5 Å². The summed E-state index contributed by atoms with van der Waals surface area (Å²) >= 11 is 1.04. The molecule has 1 amide bonds. The highest BCUT2D eigenvalue weighted by atomic mass is 32.1. The van der Waals surface area contributed by atoms with Crippen molar-refractivity contribution in [2.24, 2.45) is 4.99 Å². The second-order valence-electron chi connectivity index (χ2n) is 8.51. The Bertz CT molecular complexity index is 1710. The molecule has 3 aromatic rings. The number of hydrogen-bond acceptors (Lipinski definition) is 8. The maximum Gasteiger partial charge on any atom is 0.338 e. The number of thiazole rings is 1. The van der Waals surface area contributed by atoms with Crippen LogP contribution in [0.5, 0.6) is 0 Å². The molecule has 0 spiro atoms. The summed E-state index contributed by atoms with van der Waals surface area (Å²) < 4.78 is 6.82. The zero-order valence-corrected chi connectivity index (χ0v) is 21.7. The number of benzene rings is 2. The van der Waals surface area contributed by atoms with Crippen LogP contribution in [0.2, 0.25) is 0 Å². The molecule has 9 nitrogen and oxygen atoms in total. The predicted molar refractivity (Wildman–Crippen MR) is 141 cm³/mol. The van der Waals surface area contributed by atoms with Crippen LogP contribution < -0.4 is 20.0 Å². The fourth-order valence-electron chi connectivity index (χ4n) is 4.46. The molecular formula is C28H23N3O6S. The lowest BCUT2D eigenvalue weighted by Crippen LogP contribution is -2.40. The zero-order valence-electron chi connectivity index (χ0n) is 20.8. The van der Waals surface area contributed by atoms with Gasteiger partial charge < -0.3 is 9.57 Å². The van der Waals surface area contributed by atoms with Crippen molar-refractivity contribution < 1.29 is 24.0 Å². The molecule has 38 heavy (non-hydrogen) atoms. The fourth-order valence-corrected chi connectivity index (χ4v) is 5.61. The van der Waals surface area contributed by atoms with Gasteiger partial charge in [0.05, 0.1) is 35.2 Å². The highest BCUT2D eigenvalue weighted by molar-refractivity contribution is 7.07. The van der Waals surface area contributed by atoms with Gasteiger partial charge in [0.15, 0.2) is 4.80 Å². The van der Waals surface area contributed by atoms with Crippen molar-refractivity contribution in [3.05, 3.63) is 103 Å². The SMILES string of the molecule is CCOC(=O)C1=C(C)N=c2sc(=C3C(=O)N(OC(C)=O)c4ccccc43)c(=O)n2C1/C=C/c1ccccc1. The molecule has 10 heteroatoms. The van der Waals surface area contributed by atoms with Gasteiger partial charge in [0.25, 0.3) is 11.5 Å². The van der Waals surface area contributed by atoms with Gasteiger partial charge >= 0.3 is 11.9 Å². The maximum absolute atomic E-state index is 13.9. The van der Waals surface area contributed by atoms with Crippen LogP contribution in [0.3, 0.4) is 0 Å². The van der Waals surface area contributed by atoms with E-state index in [1.54, 1.807) is 44.2 Å². The first-order valence-electron chi connectivity index (χ1n) is 11.9. The molecule has 3 heterocycles. The van der Waals surface area contributed by atoms with Crippen molar-refractivity contribution in [3.63, 3.8) is 0 Å². The number of carbonyl (C=O) groups is 3. The van der Waals surface area contributed by atoms with Crippen molar-refractivity contribution >= 4 is 46.5 Å². The molecule has 0 fully saturated rings. The first kappa shape index (κ1) is 25.1. The van der Waals surface area contributed by atoms with Crippen molar-refractivity contribution in [2.75, 3.05) is 11.7 Å². The molecule has 1 atom stereocenters. The third-order valence-corrected chi connectivity index (χ3v) is 7.10. The van der Waals surface area contributed by atoms with Crippen LogP contribution >= 0.6 is 11.3 Å². The number of fused-ring (bicyclic) bond motifs is 2. The van der Waals surface area contributed by atoms with E-state index in [1.165, 1.54) is 11.5 Å². The van der Waals surface area contributed by atoms with E-state index in [2.05, 4.69) is 4.99 Å². The molecule has 1 aromatic heterocycles. The van der Waals surface area contributed by atoms with Crippen LogP contribution in [0.15, 0.2) is 81.7 Å². The highest BCUT2D eigenvalue weighted by Crippen LogP contribution is 2.35. The number of esters is 1. The maximum atomic E-state index is 13.9.